The number of carboxylic acid groups (broad SMARTS) is 1. The SMILES string of the molecule is CC(=O)CCc1cn2cc(NC(=O)c3cccc(C(F)(F)F)n3)c(N3CCC(C)(O)CC3)cc2n1.CC1(O)CCN(c2cc3nc(CCC(=O)O)cn3cc2NC(=O)c2cccc(C(F)(F)F)n2)CC1.[CH3-].[W]. The van der Waals surface area contributed by atoms with Crippen molar-refractivity contribution in [3.63, 3.8) is 0 Å². The van der Waals surface area contributed by atoms with Gasteiger partial charge in [0.15, 0.2) is 0 Å². The van der Waals surface area contributed by atoms with Gasteiger partial charge in [0.25, 0.3) is 11.8 Å². The molecule has 8 heterocycles. The Labute approximate surface area is 424 Å². The maximum Gasteiger partial charge on any atom is 0.433 e. The van der Waals surface area contributed by atoms with Crippen molar-refractivity contribution in [2.24, 2.45) is 0 Å². The fourth-order valence-electron chi connectivity index (χ4n) is 7.92. The molecular formula is C48H53F6N10O7W-. The first kappa shape index (κ1) is 56.5. The van der Waals surface area contributed by atoms with Gasteiger partial charge in [-0.05, 0) is 77.1 Å². The van der Waals surface area contributed by atoms with Crippen LogP contribution < -0.4 is 20.4 Å². The first-order valence-corrected chi connectivity index (χ1v) is 22.2. The van der Waals surface area contributed by atoms with Gasteiger partial charge in [0, 0.05) is 97.0 Å². The van der Waals surface area contributed by atoms with Gasteiger partial charge in [-0.15, -0.1) is 0 Å². The van der Waals surface area contributed by atoms with E-state index in [1.165, 1.54) is 19.1 Å². The fourth-order valence-corrected chi connectivity index (χ4v) is 7.92. The predicted octanol–water partition coefficient (Wildman–Crippen LogP) is 7.69. The van der Waals surface area contributed by atoms with Crippen LogP contribution in [0.3, 0.4) is 0 Å². The van der Waals surface area contributed by atoms with E-state index in [9.17, 15) is 55.7 Å². The molecule has 0 bridgehead atoms. The Morgan fingerprint density at radius 3 is 1.35 bits per heavy atom. The molecule has 6 aromatic rings. The number of hydrogen-bond acceptors (Lipinski definition) is 12. The molecule has 2 saturated heterocycles. The predicted molar refractivity (Wildman–Crippen MR) is 250 cm³/mol. The maximum atomic E-state index is 13.1. The third-order valence-electron chi connectivity index (χ3n) is 12.0. The molecule has 17 nitrogen and oxygen atoms in total. The number of nitrogens with one attached hydrogen (secondary N) is 2. The number of ketones is 1. The molecule has 386 valence electrons. The molecule has 2 aliphatic heterocycles. The number of carbonyl (C=O) groups excluding carboxylic acids is 3. The largest absolute Gasteiger partial charge is 0.481 e. The Morgan fingerprint density at radius 1 is 0.625 bits per heavy atom. The van der Waals surface area contributed by atoms with E-state index in [1.807, 2.05) is 9.80 Å². The monoisotopic (exact) mass is 1180 g/mol. The molecule has 0 radical (unpaired) electrons. The van der Waals surface area contributed by atoms with Gasteiger partial charge in [0.2, 0.25) is 0 Å². The van der Waals surface area contributed by atoms with Crippen molar-refractivity contribution in [1.29, 1.82) is 0 Å². The van der Waals surface area contributed by atoms with Gasteiger partial charge >= 0.3 is 18.3 Å². The van der Waals surface area contributed by atoms with Crippen molar-refractivity contribution in [2.75, 3.05) is 46.6 Å². The number of pyridine rings is 4. The van der Waals surface area contributed by atoms with E-state index in [0.717, 1.165) is 24.3 Å². The summed E-state index contributed by atoms with van der Waals surface area (Å²) >= 11 is 0. The van der Waals surface area contributed by atoms with Gasteiger partial charge in [-0.3, -0.25) is 14.4 Å². The first-order chi connectivity index (χ1) is 32.8. The number of aliphatic hydroxyl groups is 2. The van der Waals surface area contributed by atoms with Crippen LogP contribution in [0.1, 0.15) is 103 Å². The number of nitrogens with zero attached hydrogens (tertiary/aromatic N) is 8. The summed E-state index contributed by atoms with van der Waals surface area (Å²) in [7, 11) is 0. The molecule has 5 N–H and O–H groups in total. The third-order valence-corrected chi connectivity index (χ3v) is 12.0. The second kappa shape index (κ2) is 22.5. The number of fused-ring (bicyclic) bond motifs is 2. The quantitative estimate of drug-likeness (QED) is 0.0587. The molecule has 6 aromatic heterocycles. The number of carbonyl (C=O) groups is 4. The zero-order chi connectivity index (χ0) is 50.8. The Hall–Kier alpha value is -6.45. The van der Waals surface area contributed by atoms with Gasteiger partial charge in [-0.2, -0.15) is 26.3 Å². The Bertz CT molecular complexity index is 2720. The van der Waals surface area contributed by atoms with Crippen molar-refractivity contribution in [2.45, 2.75) is 95.7 Å². The van der Waals surface area contributed by atoms with Crippen LogP contribution in [0, 0.1) is 7.43 Å². The molecule has 72 heavy (non-hydrogen) atoms. The second-order valence-electron chi connectivity index (χ2n) is 17.9. The summed E-state index contributed by atoms with van der Waals surface area (Å²) in [6, 6.07) is 9.77. The number of anilines is 4. The number of carboxylic acids is 1. The van der Waals surface area contributed by atoms with Crippen LogP contribution in [0.4, 0.5) is 49.1 Å². The zero-order valence-electron chi connectivity index (χ0n) is 39.6. The molecule has 2 aliphatic rings. The van der Waals surface area contributed by atoms with Crippen molar-refractivity contribution >= 4 is 57.6 Å². The van der Waals surface area contributed by atoms with E-state index < -0.39 is 52.7 Å². The minimum absolute atomic E-state index is 0. The second-order valence-corrected chi connectivity index (χ2v) is 17.9. The molecule has 24 heteroatoms. The standard InChI is InChI=1S/C24H26F3N5O3.C23H24F3N5O4.CH3.W/c1-15(33)6-7-16-13-32-14-18(30-22(34)17-4-3-5-20(29-17)24(25,26)27)19(12-21(32)28-16)31-10-8-23(2,35)9-11-31;1-22(35)7-9-30(10-8-22)17-11-19-27-14(5-6-20(32)33)12-31(19)13-16(17)29-21(34)15-3-2-4-18(28-15)23(24,25)26;;/h3-5,12-14,35H,6-11H2,1-2H3,(H,30,34);2-4,11-13,35H,5-10H2,1H3,(H,29,34)(H,32,33);1H3;/q;;-1;. The van der Waals surface area contributed by atoms with Crippen LogP contribution >= 0.6 is 0 Å². The number of Topliss-reactive ketones (excluding diaryl/α,β-unsaturated/α-hetero) is 1. The Kier molecular flexibility index (Phi) is 17.7. The van der Waals surface area contributed by atoms with E-state index in [-0.39, 0.29) is 58.5 Å². The van der Waals surface area contributed by atoms with Gasteiger partial charge in [-0.25, -0.2) is 19.9 Å². The average molecular weight is 1180 g/mol. The summed E-state index contributed by atoms with van der Waals surface area (Å²) < 4.78 is 81.7. The van der Waals surface area contributed by atoms with Crippen molar-refractivity contribution < 1.29 is 81.9 Å². The molecular weight excluding hydrogens is 1130 g/mol. The number of aryl methyl sites for hydroxylation is 2. The number of rotatable bonds is 12. The molecule has 0 saturated carbocycles. The summed E-state index contributed by atoms with van der Waals surface area (Å²) in [5.41, 5.74) is -0.383. The summed E-state index contributed by atoms with van der Waals surface area (Å²) in [5, 5.41) is 34.9. The van der Waals surface area contributed by atoms with Gasteiger partial charge in [-0.1, -0.05) is 12.1 Å². The topological polar surface area (TPSA) is 220 Å². The zero-order valence-corrected chi connectivity index (χ0v) is 42.6. The van der Waals surface area contributed by atoms with Crippen molar-refractivity contribution in [3.8, 4) is 0 Å². The molecule has 0 unspecified atom stereocenters. The maximum absolute atomic E-state index is 13.1. The van der Waals surface area contributed by atoms with E-state index in [2.05, 4.69) is 30.6 Å². The van der Waals surface area contributed by atoms with E-state index >= 15 is 0 Å². The first-order valence-electron chi connectivity index (χ1n) is 22.2. The van der Waals surface area contributed by atoms with E-state index in [4.69, 9.17) is 5.11 Å². The molecule has 2 fully saturated rings. The smallest absolute Gasteiger partial charge is 0.433 e. The number of hydrogen-bond donors (Lipinski definition) is 5. The number of amides is 2. The molecule has 0 atom stereocenters. The van der Waals surface area contributed by atoms with Gasteiger partial charge in [0.05, 0.1) is 51.8 Å². The van der Waals surface area contributed by atoms with Crippen LogP contribution in [0.15, 0.2) is 73.3 Å². The van der Waals surface area contributed by atoms with E-state index in [0.29, 0.717) is 110 Å². The number of piperidine rings is 2. The Morgan fingerprint density at radius 2 is 1.00 bits per heavy atom. The summed E-state index contributed by atoms with van der Waals surface area (Å²) in [6.07, 6.45) is 0.202. The number of alkyl halides is 6. The summed E-state index contributed by atoms with van der Waals surface area (Å²) in [4.78, 5) is 67.9. The molecule has 2 amide bonds. The van der Waals surface area contributed by atoms with Crippen LogP contribution in [0.25, 0.3) is 11.3 Å². The van der Waals surface area contributed by atoms with Crippen LogP contribution in [0.5, 0.6) is 0 Å². The Balaban J connectivity index is 0.000000260. The minimum atomic E-state index is -4.69. The van der Waals surface area contributed by atoms with Gasteiger partial charge in [0.1, 0.15) is 39.9 Å². The summed E-state index contributed by atoms with van der Waals surface area (Å²) in [5.74, 6) is -2.50. The number of aromatic nitrogens is 6. The van der Waals surface area contributed by atoms with Crippen LogP contribution in [0.2, 0.25) is 0 Å². The number of imidazole rings is 2. The van der Waals surface area contributed by atoms with Crippen LogP contribution in [-0.2, 0) is 55.8 Å². The third kappa shape index (κ3) is 14.4. The number of halogens is 6. The van der Waals surface area contributed by atoms with E-state index in [1.54, 1.807) is 59.6 Å². The minimum Gasteiger partial charge on any atom is -0.481 e. The number of aliphatic carboxylic acids is 1. The van der Waals surface area contributed by atoms with Gasteiger partial charge < -0.3 is 56.8 Å². The average Bonchev–Trinajstić information content (AvgIpc) is 3.89. The fraction of sp³-hybridized carbons (Fsp3) is 0.396. The molecule has 0 aromatic carbocycles. The molecule has 0 spiro atoms. The van der Waals surface area contributed by atoms with Crippen molar-refractivity contribution in [3.05, 3.63) is 115 Å². The normalized spacial score (nSPS) is 15.4. The van der Waals surface area contributed by atoms with Crippen LogP contribution in [-0.4, -0.2) is 105 Å². The molecule has 0 aliphatic carbocycles. The van der Waals surface area contributed by atoms with Crippen molar-refractivity contribution in [1.82, 2.24) is 28.7 Å². The summed E-state index contributed by atoms with van der Waals surface area (Å²) in [6.45, 7) is 7.04. The molecule has 8 rings (SSSR count).